The molecule has 2 aromatic rings. The number of nitrogen functional groups attached to an aromatic ring is 1. The van der Waals surface area contributed by atoms with Crippen LogP contribution in [0, 0.1) is 12.8 Å². The van der Waals surface area contributed by atoms with E-state index in [1.54, 1.807) is 13.2 Å². The molecule has 162 valence electrons. The van der Waals surface area contributed by atoms with Gasteiger partial charge >= 0.3 is 0 Å². The number of aryl methyl sites for hydroxylation is 1. The van der Waals surface area contributed by atoms with Crippen LogP contribution in [0.2, 0.25) is 0 Å². The fourth-order valence-corrected chi connectivity index (χ4v) is 4.64. The van der Waals surface area contributed by atoms with Gasteiger partial charge in [-0.3, -0.25) is 4.90 Å². The van der Waals surface area contributed by atoms with Crippen molar-refractivity contribution in [1.82, 2.24) is 14.9 Å². The van der Waals surface area contributed by atoms with Crippen molar-refractivity contribution in [3.8, 4) is 11.5 Å². The molecular formula is C23H33N5O2. The molecule has 1 saturated heterocycles. The van der Waals surface area contributed by atoms with Crippen molar-refractivity contribution in [3.63, 3.8) is 0 Å². The van der Waals surface area contributed by atoms with Gasteiger partial charge in [-0.1, -0.05) is 12.8 Å². The third kappa shape index (κ3) is 4.61. The van der Waals surface area contributed by atoms with E-state index in [9.17, 15) is 0 Å². The molecule has 4 rings (SSSR count). The predicted molar refractivity (Wildman–Crippen MR) is 120 cm³/mol. The van der Waals surface area contributed by atoms with Gasteiger partial charge < -0.3 is 20.1 Å². The van der Waals surface area contributed by atoms with E-state index >= 15 is 0 Å². The molecule has 1 aromatic heterocycles. The third-order valence-electron chi connectivity index (χ3n) is 6.33. The Kier molecular flexibility index (Phi) is 6.27. The van der Waals surface area contributed by atoms with Gasteiger partial charge in [0.25, 0.3) is 0 Å². The first kappa shape index (κ1) is 20.7. The summed E-state index contributed by atoms with van der Waals surface area (Å²) in [6, 6.07) is 8.45. The topological polar surface area (TPSA) is 76.7 Å². The van der Waals surface area contributed by atoms with E-state index in [1.165, 1.54) is 38.6 Å². The lowest BCUT2D eigenvalue weighted by Crippen LogP contribution is -2.31. The number of aromatic nitrogens is 2. The summed E-state index contributed by atoms with van der Waals surface area (Å²) in [5.41, 5.74) is 7.66. The van der Waals surface area contributed by atoms with Crippen LogP contribution < -0.4 is 20.1 Å². The molecule has 0 amide bonds. The van der Waals surface area contributed by atoms with Gasteiger partial charge in [0.05, 0.1) is 13.7 Å². The normalized spacial score (nSPS) is 19.9. The first-order valence-electron chi connectivity index (χ1n) is 10.9. The highest BCUT2D eigenvalue weighted by atomic mass is 16.5. The van der Waals surface area contributed by atoms with Crippen LogP contribution in [-0.2, 0) is 0 Å². The van der Waals surface area contributed by atoms with Crippen molar-refractivity contribution in [3.05, 3.63) is 30.0 Å². The highest BCUT2D eigenvalue weighted by molar-refractivity contribution is 5.62. The first-order chi connectivity index (χ1) is 14.5. The summed E-state index contributed by atoms with van der Waals surface area (Å²) in [6.45, 7) is 4.96. The molecule has 2 aliphatic rings. The number of ether oxygens (including phenoxy) is 2. The first-order valence-corrected chi connectivity index (χ1v) is 10.9. The smallest absolute Gasteiger partial charge is 0.231 e. The number of likely N-dealkylation sites (tertiary alicyclic amines) is 1. The van der Waals surface area contributed by atoms with E-state index in [-0.39, 0.29) is 0 Å². The fourth-order valence-electron chi connectivity index (χ4n) is 4.64. The second-order valence-electron chi connectivity index (χ2n) is 8.53. The number of hydrogen-bond donors (Lipinski definition) is 1. The van der Waals surface area contributed by atoms with Gasteiger partial charge in [-0.2, -0.15) is 4.98 Å². The van der Waals surface area contributed by atoms with Crippen molar-refractivity contribution < 1.29 is 9.47 Å². The lowest BCUT2D eigenvalue weighted by molar-refractivity contribution is 0.206. The van der Waals surface area contributed by atoms with Gasteiger partial charge in [0.2, 0.25) is 5.95 Å². The molecular weight excluding hydrogens is 378 g/mol. The largest absolute Gasteiger partial charge is 0.493 e. The maximum absolute atomic E-state index is 6.25. The lowest BCUT2D eigenvalue weighted by atomic mass is 10.1. The minimum Gasteiger partial charge on any atom is -0.493 e. The van der Waals surface area contributed by atoms with Crippen LogP contribution in [-0.4, -0.2) is 54.8 Å². The zero-order valence-electron chi connectivity index (χ0n) is 18.3. The van der Waals surface area contributed by atoms with Crippen molar-refractivity contribution in [2.75, 3.05) is 44.5 Å². The summed E-state index contributed by atoms with van der Waals surface area (Å²) in [4.78, 5) is 13.4. The average molecular weight is 412 g/mol. The molecule has 2 heterocycles. The van der Waals surface area contributed by atoms with Crippen LogP contribution in [0.1, 0.15) is 37.8 Å². The van der Waals surface area contributed by atoms with Crippen LogP contribution in [0.15, 0.2) is 24.3 Å². The van der Waals surface area contributed by atoms with Crippen molar-refractivity contribution in [2.45, 2.75) is 45.1 Å². The van der Waals surface area contributed by atoms with Gasteiger partial charge in [0.1, 0.15) is 5.82 Å². The monoisotopic (exact) mass is 411 g/mol. The summed E-state index contributed by atoms with van der Waals surface area (Å²) in [5, 5.41) is 0. The molecule has 0 spiro atoms. The molecule has 2 N–H and O–H groups in total. The summed E-state index contributed by atoms with van der Waals surface area (Å²) >= 11 is 0. The number of rotatable bonds is 7. The van der Waals surface area contributed by atoms with Gasteiger partial charge in [0, 0.05) is 49.1 Å². The van der Waals surface area contributed by atoms with Gasteiger partial charge in [0.15, 0.2) is 11.5 Å². The van der Waals surface area contributed by atoms with Crippen molar-refractivity contribution >= 4 is 17.5 Å². The highest BCUT2D eigenvalue weighted by Gasteiger charge is 2.30. The Labute approximate surface area is 179 Å². The fraction of sp³-hybridized carbons (Fsp3) is 0.565. The van der Waals surface area contributed by atoms with Gasteiger partial charge in [-0.25, -0.2) is 4.98 Å². The van der Waals surface area contributed by atoms with E-state index in [2.05, 4.69) is 14.9 Å². The predicted octanol–water partition coefficient (Wildman–Crippen LogP) is 3.79. The Morgan fingerprint density at radius 2 is 1.93 bits per heavy atom. The number of hydrogen-bond acceptors (Lipinski definition) is 7. The maximum Gasteiger partial charge on any atom is 0.231 e. The van der Waals surface area contributed by atoms with Crippen molar-refractivity contribution in [2.24, 2.45) is 5.92 Å². The van der Waals surface area contributed by atoms with Gasteiger partial charge in [-0.05, 0) is 44.9 Å². The molecule has 0 bridgehead atoms. The Morgan fingerprint density at radius 3 is 2.67 bits per heavy atom. The zero-order chi connectivity index (χ0) is 21.1. The number of methoxy groups -OCH3 is 1. The number of benzene rings is 1. The number of nitrogens with two attached hydrogens (primary N) is 1. The molecule has 30 heavy (non-hydrogen) atoms. The highest BCUT2D eigenvalue weighted by Crippen LogP contribution is 2.35. The van der Waals surface area contributed by atoms with E-state index in [0.29, 0.717) is 24.3 Å². The Balaban J connectivity index is 1.44. The van der Waals surface area contributed by atoms with E-state index in [1.807, 2.05) is 37.1 Å². The molecule has 2 fully saturated rings. The Morgan fingerprint density at radius 1 is 1.13 bits per heavy atom. The molecule has 7 nitrogen and oxygen atoms in total. The summed E-state index contributed by atoms with van der Waals surface area (Å²) < 4.78 is 11.8. The summed E-state index contributed by atoms with van der Waals surface area (Å²) in [6.07, 6.45) is 6.70. The molecule has 1 atom stereocenters. The SMILES string of the molecule is COc1ccc(N(C)c2nc(C)cc(N)n2)cc1OCC1CCN(C2CCCC2)C1. The second-order valence-corrected chi connectivity index (χ2v) is 8.53. The Bertz CT molecular complexity index is 848. The van der Waals surface area contributed by atoms with E-state index in [4.69, 9.17) is 15.2 Å². The van der Waals surface area contributed by atoms with Crippen LogP contribution in [0.5, 0.6) is 11.5 Å². The van der Waals surface area contributed by atoms with E-state index < -0.39 is 0 Å². The zero-order valence-corrected chi connectivity index (χ0v) is 18.3. The molecule has 1 aliphatic carbocycles. The van der Waals surface area contributed by atoms with Crippen LogP contribution in [0.4, 0.5) is 17.5 Å². The summed E-state index contributed by atoms with van der Waals surface area (Å²) in [7, 11) is 3.60. The molecule has 1 aliphatic heterocycles. The molecule has 0 radical (unpaired) electrons. The molecule has 7 heteroatoms. The van der Waals surface area contributed by atoms with Crippen LogP contribution in [0.25, 0.3) is 0 Å². The molecule has 1 aromatic carbocycles. The summed E-state index contributed by atoms with van der Waals surface area (Å²) in [5.74, 6) is 3.08. The quantitative estimate of drug-likeness (QED) is 0.743. The minimum atomic E-state index is 0.461. The van der Waals surface area contributed by atoms with Crippen LogP contribution >= 0.6 is 0 Å². The van der Waals surface area contributed by atoms with Crippen molar-refractivity contribution in [1.29, 1.82) is 0 Å². The standard InChI is InChI=1S/C23H33N5O2/c1-16-12-22(24)26-23(25-16)27(2)19-8-9-20(29-3)21(13-19)30-15-17-10-11-28(14-17)18-6-4-5-7-18/h8-9,12-13,17-18H,4-7,10-11,14-15H2,1-3H3,(H2,24,25,26). The maximum atomic E-state index is 6.25. The molecule has 1 saturated carbocycles. The second kappa shape index (κ2) is 9.08. The third-order valence-corrected chi connectivity index (χ3v) is 6.33. The van der Waals surface area contributed by atoms with E-state index in [0.717, 1.165) is 35.5 Å². The molecule has 1 unspecified atom stereocenters. The average Bonchev–Trinajstić information content (AvgIpc) is 3.42. The lowest BCUT2D eigenvalue weighted by Gasteiger charge is -2.23. The number of nitrogens with zero attached hydrogens (tertiary/aromatic N) is 4. The van der Waals surface area contributed by atoms with Gasteiger partial charge in [-0.15, -0.1) is 0 Å². The Hall–Kier alpha value is -2.54. The minimum absolute atomic E-state index is 0.461. The van der Waals surface area contributed by atoms with Crippen LogP contribution in [0.3, 0.4) is 0 Å². The number of anilines is 3.